The molecule has 0 bridgehead atoms. The van der Waals surface area contributed by atoms with E-state index in [4.69, 9.17) is 9.84 Å². The van der Waals surface area contributed by atoms with Gasteiger partial charge in [0.1, 0.15) is 17.9 Å². The normalized spacial score (nSPS) is 10.3. The standard InChI is InChI=1S/C13H14N2O3/c1-9-4-3-5-11(13(16)17)12(9)18-8-10-6-14-15(2)7-10/h3-7H,8H2,1-2H3,(H,16,17). The molecule has 1 aromatic carbocycles. The second kappa shape index (κ2) is 4.91. The second-order valence-electron chi connectivity index (χ2n) is 4.07. The molecule has 5 heteroatoms. The molecule has 0 fully saturated rings. The van der Waals surface area contributed by atoms with Crippen molar-refractivity contribution in [2.24, 2.45) is 7.05 Å². The third kappa shape index (κ3) is 2.51. The molecule has 94 valence electrons. The minimum Gasteiger partial charge on any atom is -0.488 e. The van der Waals surface area contributed by atoms with Crippen molar-refractivity contribution >= 4 is 5.97 Å². The van der Waals surface area contributed by atoms with E-state index >= 15 is 0 Å². The number of carbonyl (C=O) groups is 1. The monoisotopic (exact) mass is 246 g/mol. The Morgan fingerprint density at radius 3 is 2.89 bits per heavy atom. The highest BCUT2D eigenvalue weighted by Gasteiger charge is 2.13. The lowest BCUT2D eigenvalue weighted by Crippen LogP contribution is -2.04. The van der Waals surface area contributed by atoms with Gasteiger partial charge >= 0.3 is 5.97 Å². The number of carboxylic acid groups (broad SMARTS) is 1. The highest BCUT2D eigenvalue weighted by molar-refractivity contribution is 5.91. The van der Waals surface area contributed by atoms with Gasteiger partial charge in [-0.15, -0.1) is 0 Å². The lowest BCUT2D eigenvalue weighted by molar-refractivity contribution is 0.0691. The largest absolute Gasteiger partial charge is 0.488 e. The van der Waals surface area contributed by atoms with Crippen molar-refractivity contribution in [3.8, 4) is 5.75 Å². The van der Waals surface area contributed by atoms with E-state index in [0.717, 1.165) is 11.1 Å². The molecule has 0 saturated heterocycles. The first-order valence-electron chi connectivity index (χ1n) is 5.51. The van der Waals surface area contributed by atoms with Gasteiger partial charge in [0.25, 0.3) is 0 Å². The molecule has 2 rings (SSSR count). The van der Waals surface area contributed by atoms with Crippen LogP contribution in [0, 0.1) is 6.92 Å². The minimum absolute atomic E-state index is 0.180. The minimum atomic E-state index is -0.986. The molecule has 0 radical (unpaired) electrons. The SMILES string of the molecule is Cc1cccc(C(=O)O)c1OCc1cnn(C)c1. The summed E-state index contributed by atoms with van der Waals surface area (Å²) in [5.74, 6) is -0.575. The Bertz CT molecular complexity index is 575. The average Bonchev–Trinajstić information content (AvgIpc) is 2.73. The Hall–Kier alpha value is -2.30. The van der Waals surface area contributed by atoms with Crippen molar-refractivity contribution in [3.05, 3.63) is 47.3 Å². The Balaban J connectivity index is 2.20. The molecule has 0 saturated carbocycles. The molecule has 1 heterocycles. The van der Waals surface area contributed by atoms with Crippen LogP contribution >= 0.6 is 0 Å². The Kier molecular flexibility index (Phi) is 3.32. The van der Waals surface area contributed by atoms with Crippen LogP contribution in [0.4, 0.5) is 0 Å². The summed E-state index contributed by atoms with van der Waals surface area (Å²) in [6, 6.07) is 5.06. The summed E-state index contributed by atoms with van der Waals surface area (Å²) in [5, 5.41) is 13.1. The maximum absolute atomic E-state index is 11.1. The van der Waals surface area contributed by atoms with Gasteiger partial charge in [-0.2, -0.15) is 5.10 Å². The van der Waals surface area contributed by atoms with Gasteiger partial charge in [-0.05, 0) is 18.6 Å². The fourth-order valence-corrected chi connectivity index (χ4v) is 1.71. The molecular formula is C13H14N2O3. The van der Waals surface area contributed by atoms with Gasteiger partial charge in [-0.25, -0.2) is 4.79 Å². The number of aromatic carboxylic acids is 1. The maximum atomic E-state index is 11.1. The van der Waals surface area contributed by atoms with Gasteiger partial charge in [-0.1, -0.05) is 12.1 Å². The van der Waals surface area contributed by atoms with Gasteiger partial charge in [0.05, 0.1) is 6.20 Å². The molecule has 0 unspecified atom stereocenters. The molecular weight excluding hydrogens is 232 g/mol. The van der Waals surface area contributed by atoms with Gasteiger partial charge in [0.15, 0.2) is 0 Å². The quantitative estimate of drug-likeness (QED) is 0.896. The number of rotatable bonds is 4. The molecule has 0 aliphatic carbocycles. The highest BCUT2D eigenvalue weighted by atomic mass is 16.5. The van der Waals surface area contributed by atoms with Crippen LogP contribution in [-0.2, 0) is 13.7 Å². The number of nitrogens with zero attached hydrogens (tertiary/aromatic N) is 2. The Morgan fingerprint density at radius 1 is 1.50 bits per heavy atom. The van der Waals surface area contributed by atoms with E-state index in [0.29, 0.717) is 12.4 Å². The van der Waals surface area contributed by atoms with Gasteiger partial charge < -0.3 is 9.84 Å². The van der Waals surface area contributed by atoms with Crippen LogP contribution in [0.3, 0.4) is 0 Å². The fraction of sp³-hybridized carbons (Fsp3) is 0.231. The first-order chi connectivity index (χ1) is 8.58. The first kappa shape index (κ1) is 12.2. The average molecular weight is 246 g/mol. The van der Waals surface area contributed by atoms with Crippen LogP contribution in [0.5, 0.6) is 5.75 Å². The molecule has 1 N–H and O–H groups in total. The number of hydrogen-bond donors (Lipinski definition) is 1. The Labute approximate surface area is 105 Å². The molecule has 1 aromatic heterocycles. The summed E-state index contributed by atoms with van der Waals surface area (Å²) in [4.78, 5) is 11.1. The van der Waals surface area contributed by atoms with Crippen LogP contribution in [0.2, 0.25) is 0 Å². The number of hydrogen-bond acceptors (Lipinski definition) is 3. The molecule has 0 amide bonds. The fourth-order valence-electron chi connectivity index (χ4n) is 1.71. The van der Waals surface area contributed by atoms with Gasteiger partial charge in [0.2, 0.25) is 0 Å². The summed E-state index contributed by atoms with van der Waals surface area (Å²) >= 11 is 0. The van der Waals surface area contributed by atoms with E-state index in [2.05, 4.69) is 5.10 Å². The number of ether oxygens (including phenoxy) is 1. The topological polar surface area (TPSA) is 64.3 Å². The molecule has 0 spiro atoms. The smallest absolute Gasteiger partial charge is 0.339 e. The van der Waals surface area contributed by atoms with Crippen molar-refractivity contribution in [1.82, 2.24) is 9.78 Å². The zero-order valence-electron chi connectivity index (χ0n) is 10.3. The van der Waals surface area contributed by atoms with Crippen LogP contribution in [0.1, 0.15) is 21.5 Å². The lowest BCUT2D eigenvalue weighted by Gasteiger charge is -2.10. The lowest BCUT2D eigenvalue weighted by atomic mass is 10.1. The van der Waals surface area contributed by atoms with Crippen molar-refractivity contribution in [2.45, 2.75) is 13.5 Å². The van der Waals surface area contributed by atoms with Crippen LogP contribution < -0.4 is 4.74 Å². The van der Waals surface area contributed by atoms with Gasteiger partial charge in [-0.3, -0.25) is 4.68 Å². The van der Waals surface area contributed by atoms with E-state index in [9.17, 15) is 4.79 Å². The molecule has 0 aliphatic rings. The van der Waals surface area contributed by atoms with E-state index in [1.165, 1.54) is 6.07 Å². The maximum Gasteiger partial charge on any atom is 0.339 e. The van der Waals surface area contributed by atoms with Crippen molar-refractivity contribution in [3.63, 3.8) is 0 Å². The van der Waals surface area contributed by atoms with Crippen molar-refractivity contribution < 1.29 is 14.6 Å². The first-order valence-corrected chi connectivity index (χ1v) is 5.51. The highest BCUT2D eigenvalue weighted by Crippen LogP contribution is 2.24. The summed E-state index contributed by atoms with van der Waals surface area (Å²) < 4.78 is 7.27. The van der Waals surface area contributed by atoms with E-state index in [1.54, 1.807) is 16.9 Å². The van der Waals surface area contributed by atoms with Crippen LogP contribution in [0.25, 0.3) is 0 Å². The molecule has 5 nitrogen and oxygen atoms in total. The van der Waals surface area contributed by atoms with Crippen LogP contribution in [-0.4, -0.2) is 20.9 Å². The number of aromatic nitrogens is 2. The number of benzene rings is 1. The molecule has 0 atom stereocenters. The number of aryl methyl sites for hydroxylation is 2. The van der Waals surface area contributed by atoms with E-state index < -0.39 is 5.97 Å². The van der Waals surface area contributed by atoms with Gasteiger partial charge in [0, 0.05) is 18.8 Å². The van der Waals surface area contributed by atoms with E-state index in [1.807, 2.05) is 26.2 Å². The number of carboxylic acids is 1. The van der Waals surface area contributed by atoms with Crippen molar-refractivity contribution in [1.29, 1.82) is 0 Å². The summed E-state index contributed by atoms with van der Waals surface area (Å²) in [7, 11) is 1.82. The van der Waals surface area contributed by atoms with Crippen molar-refractivity contribution in [2.75, 3.05) is 0 Å². The van der Waals surface area contributed by atoms with E-state index in [-0.39, 0.29) is 5.56 Å². The summed E-state index contributed by atoms with van der Waals surface area (Å²) in [5.41, 5.74) is 1.88. The molecule has 2 aromatic rings. The third-order valence-corrected chi connectivity index (χ3v) is 2.58. The number of para-hydroxylation sites is 1. The Morgan fingerprint density at radius 2 is 2.28 bits per heavy atom. The molecule has 0 aliphatic heterocycles. The zero-order valence-corrected chi connectivity index (χ0v) is 10.3. The predicted octanol–water partition coefficient (Wildman–Crippen LogP) is 2.01. The predicted molar refractivity (Wildman–Crippen MR) is 65.7 cm³/mol. The van der Waals surface area contributed by atoms with Crippen LogP contribution in [0.15, 0.2) is 30.6 Å². The molecule has 18 heavy (non-hydrogen) atoms. The zero-order chi connectivity index (χ0) is 13.1. The summed E-state index contributed by atoms with van der Waals surface area (Å²) in [6.45, 7) is 2.13. The third-order valence-electron chi connectivity index (χ3n) is 2.58. The second-order valence-corrected chi connectivity index (χ2v) is 4.07. The summed E-state index contributed by atoms with van der Waals surface area (Å²) in [6.07, 6.45) is 3.53.